The molecule has 6 nitrogen and oxygen atoms in total. The summed E-state index contributed by atoms with van der Waals surface area (Å²) in [7, 11) is 3.98. The van der Waals surface area contributed by atoms with Gasteiger partial charge in [0.15, 0.2) is 4.80 Å². The standard InChI is InChI=1S/C27H29N3O3S2/c1-16(2)33-26(32)23-17(3)28-27-30(24(23)19-9-13-21(34-6)14-10-19)25(31)22(35-27)15-18-7-11-20(12-8-18)29(4)5/h7-16,24H,1-6H3/b22-15-/t24-/m0/s1. The van der Waals surface area contributed by atoms with Crippen LogP contribution in [-0.4, -0.2) is 37.0 Å². The second-order valence-electron chi connectivity index (χ2n) is 8.79. The molecule has 4 rings (SSSR count). The minimum atomic E-state index is -0.605. The topological polar surface area (TPSA) is 63.9 Å². The van der Waals surface area contributed by atoms with E-state index < -0.39 is 12.0 Å². The Morgan fingerprint density at radius 2 is 1.80 bits per heavy atom. The van der Waals surface area contributed by atoms with Crippen LogP contribution in [0.2, 0.25) is 0 Å². The van der Waals surface area contributed by atoms with Crippen molar-refractivity contribution in [1.82, 2.24) is 4.57 Å². The number of carbonyl (C=O) groups is 1. The number of esters is 1. The fraction of sp³-hybridized carbons (Fsp3) is 0.296. The van der Waals surface area contributed by atoms with E-state index in [1.54, 1.807) is 23.3 Å². The lowest BCUT2D eigenvalue weighted by Crippen LogP contribution is -2.40. The molecule has 0 fully saturated rings. The molecular weight excluding hydrogens is 478 g/mol. The SMILES string of the molecule is CSc1ccc([C@H]2C(C(=O)OC(C)C)=C(C)N=c3s/c(=C\c4ccc(N(C)C)cc4)c(=O)n32)cc1. The quantitative estimate of drug-likeness (QED) is 0.373. The molecule has 0 radical (unpaired) electrons. The van der Waals surface area contributed by atoms with Crippen molar-refractivity contribution in [2.45, 2.75) is 37.8 Å². The monoisotopic (exact) mass is 507 g/mol. The normalized spacial score (nSPS) is 15.7. The van der Waals surface area contributed by atoms with Gasteiger partial charge in [-0.2, -0.15) is 0 Å². The van der Waals surface area contributed by atoms with E-state index in [-0.39, 0.29) is 11.7 Å². The van der Waals surface area contributed by atoms with E-state index in [0.29, 0.717) is 20.6 Å². The summed E-state index contributed by atoms with van der Waals surface area (Å²) >= 11 is 2.97. The number of anilines is 1. The van der Waals surface area contributed by atoms with Crippen molar-refractivity contribution < 1.29 is 9.53 Å². The molecule has 1 aromatic heterocycles. The maximum absolute atomic E-state index is 13.7. The third-order valence-electron chi connectivity index (χ3n) is 5.72. The summed E-state index contributed by atoms with van der Waals surface area (Å²) in [5.41, 5.74) is 3.64. The Labute approximate surface area is 213 Å². The fourth-order valence-corrected chi connectivity index (χ4v) is 5.44. The van der Waals surface area contributed by atoms with Gasteiger partial charge in [0.1, 0.15) is 0 Å². The summed E-state index contributed by atoms with van der Waals surface area (Å²) < 4.78 is 7.76. The van der Waals surface area contributed by atoms with Gasteiger partial charge in [0, 0.05) is 24.7 Å². The Hall–Kier alpha value is -3.10. The van der Waals surface area contributed by atoms with E-state index >= 15 is 0 Å². The molecule has 2 heterocycles. The van der Waals surface area contributed by atoms with Crippen LogP contribution >= 0.6 is 23.1 Å². The van der Waals surface area contributed by atoms with E-state index in [1.807, 2.05) is 93.7 Å². The van der Waals surface area contributed by atoms with Crippen molar-refractivity contribution in [3.63, 3.8) is 0 Å². The first-order valence-corrected chi connectivity index (χ1v) is 13.4. The highest BCUT2D eigenvalue weighted by Crippen LogP contribution is 2.32. The van der Waals surface area contributed by atoms with E-state index in [0.717, 1.165) is 21.7 Å². The van der Waals surface area contributed by atoms with Crippen LogP contribution in [0.1, 0.15) is 37.9 Å². The van der Waals surface area contributed by atoms with Crippen LogP contribution in [0, 0.1) is 0 Å². The molecule has 0 N–H and O–H groups in total. The van der Waals surface area contributed by atoms with E-state index in [4.69, 9.17) is 4.74 Å². The molecule has 0 amide bonds. The molecule has 2 aromatic carbocycles. The molecule has 3 aromatic rings. The lowest BCUT2D eigenvalue weighted by molar-refractivity contribution is -0.143. The van der Waals surface area contributed by atoms with Gasteiger partial charge in [-0.1, -0.05) is 35.6 Å². The third kappa shape index (κ3) is 5.13. The van der Waals surface area contributed by atoms with Crippen LogP contribution in [0.15, 0.2) is 74.5 Å². The average molecular weight is 508 g/mol. The second kappa shape index (κ2) is 10.3. The van der Waals surface area contributed by atoms with Crippen LogP contribution in [-0.2, 0) is 9.53 Å². The van der Waals surface area contributed by atoms with Crippen molar-refractivity contribution in [3.8, 4) is 0 Å². The Morgan fingerprint density at radius 1 is 1.14 bits per heavy atom. The van der Waals surface area contributed by atoms with E-state index in [9.17, 15) is 9.59 Å². The molecule has 1 atom stereocenters. The summed E-state index contributed by atoms with van der Waals surface area (Å²) in [5, 5.41) is 0. The van der Waals surface area contributed by atoms with Crippen molar-refractivity contribution in [3.05, 3.63) is 90.6 Å². The minimum absolute atomic E-state index is 0.174. The van der Waals surface area contributed by atoms with Gasteiger partial charge in [0.2, 0.25) is 0 Å². The number of hydrogen-bond acceptors (Lipinski definition) is 7. The first-order chi connectivity index (χ1) is 16.7. The van der Waals surface area contributed by atoms with Gasteiger partial charge in [0.05, 0.1) is 27.9 Å². The molecule has 8 heteroatoms. The largest absolute Gasteiger partial charge is 0.459 e. The highest BCUT2D eigenvalue weighted by molar-refractivity contribution is 7.98. The Bertz CT molecular complexity index is 1450. The molecular formula is C27H29N3O3S2. The maximum atomic E-state index is 13.7. The van der Waals surface area contributed by atoms with Gasteiger partial charge in [-0.25, -0.2) is 9.79 Å². The molecule has 0 spiro atoms. The first-order valence-electron chi connectivity index (χ1n) is 11.3. The summed E-state index contributed by atoms with van der Waals surface area (Å²) in [6.45, 7) is 5.43. The zero-order valence-corrected chi connectivity index (χ0v) is 22.4. The first kappa shape index (κ1) is 25.0. The predicted molar refractivity (Wildman–Crippen MR) is 144 cm³/mol. The number of hydrogen-bond donors (Lipinski definition) is 0. The number of fused-ring (bicyclic) bond motifs is 1. The number of aromatic nitrogens is 1. The zero-order valence-electron chi connectivity index (χ0n) is 20.7. The number of thiazole rings is 1. The molecule has 0 unspecified atom stereocenters. The lowest BCUT2D eigenvalue weighted by atomic mass is 9.96. The molecule has 0 bridgehead atoms. The smallest absolute Gasteiger partial charge is 0.338 e. The van der Waals surface area contributed by atoms with E-state index in [2.05, 4.69) is 4.99 Å². The summed E-state index contributed by atoms with van der Waals surface area (Å²) in [5.74, 6) is -0.450. The molecule has 1 aliphatic rings. The van der Waals surface area contributed by atoms with Crippen molar-refractivity contribution >= 4 is 40.8 Å². The Morgan fingerprint density at radius 3 is 2.37 bits per heavy atom. The number of benzene rings is 2. The predicted octanol–water partition coefficient (Wildman–Crippen LogP) is 3.97. The number of rotatable bonds is 6. The zero-order chi connectivity index (χ0) is 25.3. The highest BCUT2D eigenvalue weighted by atomic mass is 32.2. The molecule has 1 aliphatic heterocycles. The van der Waals surface area contributed by atoms with Gasteiger partial charge in [-0.15, -0.1) is 11.8 Å². The highest BCUT2D eigenvalue weighted by Gasteiger charge is 2.33. The number of nitrogens with zero attached hydrogens (tertiary/aromatic N) is 3. The van der Waals surface area contributed by atoms with Crippen LogP contribution < -0.4 is 19.8 Å². The van der Waals surface area contributed by atoms with Gasteiger partial charge < -0.3 is 9.64 Å². The van der Waals surface area contributed by atoms with Crippen molar-refractivity contribution in [2.24, 2.45) is 4.99 Å². The second-order valence-corrected chi connectivity index (χ2v) is 10.7. The molecule has 0 saturated carbocycles. The molecule has 182 valence electrons. The van der Waals surface area contributed by atoms with Crippen molar-refractivity contribution in [1.29, 1.82) is 0 Å². The molecule has 0 aliphatic carbocycles. The minimum Gasteiger partial charge on any atom is -0.459 e. The van der Waals surface area contributed by atoms with Gasteiger partial charge >= 0.3 is 5.97 Å². The van der Waals surface area contributed by atoms with Crippen LogP contribution in [0.25, 0.3) is 6.08 Å². The van der Waals surface area contributed by atoms with Crippen molar-refractivity contribution in [2.75, 3.05) is 25.3 Å². The fourth-order valence-electron chi connectivity index (χ4n) is 3.98. The number of allylic oxidation sites excluding steroid dienone is 1. The molecule has 35 heavy (non-hydrogen) atoms. The van der Waals surface area contributed by atoms with Crippen LogP contribution in [0.3, 0.4) is 0 Å². The third-order valence-corrected chi connectivity index (χ3v) is 7.45. The van der Waals surface area contributed by atoms with Crippen LogP contribution in [0.4, 0.5) is 5.69 Å². The Balaban J connectivity index is 1.88. The summed E-state index contributed by atoms with van der Waals surface area (Å²) in [6.07, 6.45) is 3.61. The Kier molecular flexibility index (Phi) is 7.33. The van der Waals surface area contributed by atoms with Crippen LogP contribution in [0.5, 0.6) is 0 Å². The van der Waals surface area contributed by atoms with Gasteiger partial charge in [-0.05, 0) is 68.5 Å². The summed E-state index contributed by atoms with van der Waals surface area (Å²) in [4.78, 5) is 35.2. The maximum Gasteiger partial charge on any atom is 0.338 e. The van der Waals surface area contributed by atoms with Gasteiger partial charge in [0.25, 0.3) is 5.56 Å². The number of carbonyl (C=O) groups excluding carboxylic acids is 1. The molecule has 0 saturated heterocycles. The number of ether oxygens (including phenoxy) is 1. The van der Waals surface area contributed by atoms with Gasteiger partial charge in [-0.3, -0.25) is 9.36 Å². The lowest BCUT2D eigenvalue weighted by Gasteiger charge is -2.25. The number of thioether (sulfide) groups is 1. The average Bonchev–Trinajstić information content (AvgIpc) is 3.12. The summed E-state index contributed by atoms with van der Waals surface area (Å²) in [6, 6.07) is 15.3. The van der Waals surface area contributed by atoms with E-state index in [1.165, 1.54) is 11.3 Å².